The normalized spacial score (nSPS) is 22.1. The first kappa shape index (κ1) is 22.2. The summed E-state index contributed by atoms with van der Waals surface area (Å²) in [5, 5.41) is 18.5. The van der Waals surface area contributed by atoms with Crippen molar-refractivity contribution in [3.8, 4) is 6.07 Å². The van der Waals surface area contributed by atoms with Gasteiger partial charge in [0.05, 0.1) is 17.4 Å². The van der Waals surface area contributed by atoms with Crippen LogP contribution in [0.4, 0.5) is 15.8 Å². The maximum absolute atomic E-state index is 14.1. The number of carbonyl (C=O) groups excluding carboxylic acids is 2. The highest BCUT2D eigenvalue weighted by Gasteiger charge is 2.36. The quantitative estimate of drug-likeness (QED) is 0.431. The summed E-state index contributed by atoms with van der Waals surface area (Å²) in [5.41, 5.74) is 9.06. The van der Waals surface area contributed by atoms with E-state index in [-0.39, 0.29) is 17.7 Å². The number of hydrazine groups is 1. The summed E-state index contributed by atoms with van der Waals surface area (Å²) in [7, 11) is 0. The van der Waals surface area contributed by atoms with E-state index in [4.69, 9.17) is 0 Å². The highest BCUT2D eigenvalue weighted by molar-refractivity contribution is 5.92. The molecule has 3 aliphatic rings. The fourth-order valence-electron chi connectivity index (χ4n) is 4.77. The fourth-order valence-corrected chi connectivity index (χ4v) is 4.77. The second kappa shape index (κ2) is 9.31. The Morgan fingerprint density at radius 3 is 2.74 bits per heavy atom. The van der Waals surface area contributed by atoms with Gasteiger partial charge in [-0.15, -0.1) is 0 Å². The maximum atomic E-state index is 14.1. The molecular weight excluding hydrogens is 435 g/mol. The van der Waals surface area contributed by atoms with Crippen LogP contribution in [0.15, 0.2) is 42.5 Å². The number of fused-ring (bicyclic) bond motifs is 2. The average Bonchev–Trinajstić information content (AvgIpc) is 3.56. The van der Waals surface area contributed by atoms with Gasteiger partial charge >= 0.3 is 0 Å². The molecule has 0 aromatic heterocycles. The lowest BCUT2D eigenvalue weighted by molar-refractivity contribution is -0.129. The molecule has 4 atom stereocenters. The van der Waals surface area contributed by atoms with Gasteiger partial charge in [-0.25, -0.2) is 9.82 Å². The number of hydrogen-bond donors (Lipinski definition) is 5. The van der Waals surface area contributed by atoms with Crippen LogP contribution in [-0.4, -0.2) is 36.5 Å². The van der Waals surface area contributed by atoms with Gasteiger partial charge in [0.2, 0.25) is 11.8 Å². The van der Waals surface area contributed by atoms with Gasteiger partial charge in [0.15, 0.2) is 0 Å². The smallest absolute Gasteiger partial charge is 0.243 e. The van der Waals surface area contributed by atoms with Crippen LogP contribution in [0.2, 0.25) is 0 Å². The first-order chi connectivity index (χ1) is 16.5. The third-order valence-corrected chi connectivity index (χ3v) is 6.80. The zero-order valence-corrected chi connectivity index (χ0v) is 18.6. The van der Waals surface area contributed by atoms with Crippen LogP contribution < -0.4 is 26.8 Å². The molecule has 5 rings (SSSR count). The predicted molar refractivity (Wildman–Crippen MR) is 125 cm³/mol. The van der Waals surface area contributed by atoms with Gasteiger partial charge in [-0.1, -0.05) is 43.2 Å². The van der Waals surface area contributed by atoms with Crippen molar-refractivity contribution in [1.82, 2.24) is 16.1 Å². The number of halogens is 1. The third kappa shape index (κ3) is 4.54. The molecule has 0 saturated heterocycles. The summed E-state index contributed by atoms with van der Waals surface area (Å²) in [5.74, 6) is -0.974. The van der Waals surface area contributed by atoms with Gasteiger partial charge in [-0.2, -0.15) is 5.26 Å². The van der Waals surface area contributed by atoms with Crippen molar-refractivity contribution in [3.63, 3.8) is 0 Å². The van der Waals surface area contributed by atoms with E-state index < -0.39 is 23.9 Å². The Bertz CT molecular complexity index is 1140. The number of para-hydroxylation sites is 2. The van der Waals surface area contributed by atoms with E-state index in [1.54, 1.807) is 12.1 Å². The van der Waals surface area contributed by atoms with Crippen LogP contribution in [-0.2, 0) is 16.0 Å². The molecule has 1 fully saturated rings. The molecule has 176 valence electrons. The molecule has 9 heteroatoms. The standard InChI is InChI=1S/C25H27FN6O2/c26-18-6-3-4-15-11-21(29-23(15)18)25(34)30-20(10-14-8-9-14)24(33)31-22(12-27)17-13-28-32-19-7-2-1-5-16(17)19/h1-7,14,17,20-22,28-29,32H,8-11,13H2,(H,30,34)(H,31,33). The van der Waals surface area contributed by atoms with Crippen molar-refractivity contribution >= 4 is 23.2 Å². The second-order valence-corrected chi connectivity index (χ2v) is 9.23. The number of anilines is 2. The minimum absolute atomic E-state index is 0.238. The lowest BCUT2D eigenvalue weighted by Gasteiger charge is -2.31. The topological polar surface area (TPSA) is 118 Å². The SMILES string of the molecule is N#CC(NC(=O)C(CC1CC1)NC(=O)C1Cc2cccc(F)c2N1)C1CNNc2ccccc21. The zero-order valence-electron chi connectivity index (χ0n) is 18.6. The summed E-state index contributed by atoms with van der Waals surface area (Å²) >= 11 is 0. The Hall–Kier alpha value is -3.64. The monoisotopic (exact) mass is 462 g/mol. The van der Waals surface area contributed by atoms with Gasteiger partial charge in [-0.05, 0) is 35.6 Å². The molecule has 2 aromatic rings. The summed E-state index contributed by atoms with van der Waals surface area (Å²) in [6.07, 6.45) is 2.91. The second-order valence-electron chi connectivity index (χ2n) is 9.23. The maximum Gasteiger partial charge on any atom is 0.243 e. The molecule has 1 saturated carbocycles. The Morgan fingerprint density at radius 1 is 1.15 bits per heavy atom. The molecule has 0 radical (unpaired) electrons. The number of amides is 2. The van der Waals surface area contributed by atoms with Gasteiger partial charge in [0.1, 0.15) is 23.9 Å². The molecule has 8 nitrogen and oxygen atoms in total. The van der Waals surface area contributed by atoms with Gasteiger partial charge in [-0.3, -0.25) is 9.59 Å². The predicted octanol–water partition coefficient (Wildman–Crippen LogP) is 2.17. The van der Waals surface area contributed by atoms with Crippen molar-refractivity contribution in [2.24, 2.45) is 5.92 Å². The molecule has 0 bridgehead atoms. The van der Waals surface area contributed by atoms with E-state index in [9.17, 15) is 19.2 Å². The Kier molecular flexibility index (Phi) is 6.07. The van der Waals surface area contributed by atoms with E-state index >= 15 is 0 Å². The minimum Gasteiger partial charge on any atom is -0.371 e. The van der Waals surface area contributed by atoms with Gasteiger partial charge in [0.25, 0.3) is 0 Å². The van der Waals surface area contributed by atoms with Crippen LogP contribution in [0.25, 0.3) is 0 Å². The first-order valence-electron chi connectivity index (χ1n) is 11.7. The summed E-state index contributed by atoms with van der Waals surface area (Å²) in [6, 6.07) is 12.5. The highest BCUT2D eigenvalue weighted by atomic mass is 19.1. The number of carbonyl (C=O) groups is 2. The lowest BCUT2D eigenvalue weighted by atomic mass is 9.89. The van der Waals surface area contributed by atoms with E-state index in [0.29, 0.717) is 31.0 Å². The minimum atomic E-state index is -0.759. The van der Waals surface area contributed by atoms with Crippen LogP contribution in [0.3, 0.4) is 0 Å². The van der Waals surface area contributed by atoms with E-state index in [2.05, 4.69) is 32.9 Å². The van der Waals surface area contributed by atoms with Crippen LogP contribution in [0.1, 0.15) is 36.3 Å². The van der Waals surface area contributed by atoms with E-state index in [1.165, 1.54) is 6.07 Å². The van der Waals surface area contributed by atoms with Crippen LogP contribution >= 0.6 is 0 Å². The van der Waals surface area contributed by atoms with E-state index in [1.807, 2.05) is 24.3 Å². The number of benzene rings is 2. The molecular formula is C25H27FN6O2. The lowest BCUT2D eigenvalue weighted by Crippen LogP contribution is -2.54. The van der Waals surface area contributed by atoms with Crippen molar-refractivity contribution in [2.75, 3.05) is 17.3 Å². The van der Waals surface area contributed by atoms with Crippen LogP contribution in [0.5, 0.6) is 0 Å². The fraction of sp³-hybridized carbons (Fsp3) is 0.400. The van der Waals surface area contributed by atoms with E-state index in [0.717, 1.165) is 29.7 Å². The molecule has 2 aliphatic heterocycles. The molecule has 1 aliphatic carbocycles. The number of nitriles is 1. The first-order valence-corrected chi connectivity index (χ1v) is 11.7. The largest absolute Gasteiger partial charge is 0.371 e. The Morgan fingerprint density at radius 2 is 1.97 bits per heavy atom. The molecule has 5 N–H and O–H groups in total. The Labute approximate surface area is 197 Å². The molecule has 4 unspecified atom stereocenters. The molecule has 2 heterocycles. The highest BCUT2D eigenvalue weighted by Crippen LogP contribution is 2.34. The average molecular weight is 463 g/mol. The van der Waals surface area contributed by atoms with Crippen molar-refractivity contribution in [3.05, 3.63) is 59.4 Å². The number of nitrogens with zero attached hydrogens (tertiary/aromatic N) is 1. The zero-order chi connectivity index (χ0) is 23.7. The third-order valence-electron chi connectivity index (χ3n) is 6.80. The summed E-state index contributed by atoms with van der Waals surface area (Å²) in [4.78, 5) is 26.3. The van der Waals surface area contributed by atoms with Crippen LogP contribution in [0, 0.1) is 23.1 Å². The Balaban J connectivity index is 1.27. The molecule has 2 amide bonds. The number of rotatable bonds is 7. The van der Waals surface area contributed by atoms with Crippen molar-refractivity contribution < 1.29 is 14.0 Å². The molecule has 2 aromatic carbocycles. The van der Waals surface area contributed by atoms with Gasteiger partial charge < -0.3 is 21.4 Å². The number of hydrogen-bond acceptors (Lipinski definition) is 6. The number of nitrogens with one attached hydrogen (secondary N) is 5. The summed E-state index contributed by atoms with van der Waals surface area (Å²) in [6.45, 7) is 0.477. The molecule has 34 heavy (non-hydrogen) atoms. The van der Waals surface area contributed by atoms with Crippen molar-refractivity contribution in [1.29, 1.82) is 5.26 Å². The van der Waals surface area contributed by atoms with Gasteiger partial charge in [0, 0.05) is 18.9 Å². The molecule has 0 spiro atoms. The van der Waals surface area contributed by atoms with Crippen molar-refractivity contribution in [2.45, 2.75) is 49.7 Å². The summed E-state index contributed by atoms with van der Waals surface area (Å²) < 4.78 is 14.1.